The zero-order valence-corrected chi connectivity index (χ0v) is 18.6. The summed E-state index contributed by atoms with van der Waals surface area (Å²) in [6.07, 6.45) is 3.28. The highest BCUT2D eigenvalue weighted by Gasteiger charge is 2.23. The summed E-state index contributed by atoms with van der Waals surface area (Å²) in [5.74, 6) is 0.515. The quantitative estimate of drug-likeness (QED) is 0.443. The first-order chi connectivity index (χ1) is 16.0. The molecule has 1 aliphatic rings. The van der Waals surface area contributed by atoms with Crippen LogP contribution in [0.15, 0.2) is 52.9 Å². The van der Waals surface area contributed by atoms with Crippen LogP contribution in [0.25, 0.3) is 28.5 Å². The van der Waals surface area contributed by atoms with Crippen LogP contribution in [0.5, 0.6) is 0 Å². The number of nitrogens with zero attached hydrogens (tertiary/aromatic N) is 5. The van der Waals surface area contributed by atoms with Gasteiger partial charge in [0.05, 0.1) is 11.4 Å². The first-order valence-corrected chi connectivity index (χ1v) is 11.1. The van der Waals surface area contributed by atoms with Gasteiger partial charge in [0, 0.05) is 36.7 Å². The van der Waals surface area contributed by atoms with Gasteiger partial charge in [0.2, 0.25) is 5.89 Å². The summed E-state index contributed by atoms with van der Waals surface area (Å²) in [5.41, 5.74) is 4.41. The van der Waals surface area contributed by atoms with E-state index >= 15 is 0 Å². The van der Waals surface area contributed by atoms with Crippen molar-refractivity contribution in [2.45, 2.75) is 33.1 Å². The molecule has 3 heterocycles. The van der Waals surface area contributed by atoms with Crippen LogP contribution in [0, 0.1) is 19.7 Å². The maximum Gasteiger partial charge on any atom is 0.268 e. The summed E-state index contributed by atoms with van der Waals surface area (Å²) in [6.45, 7) is 5.26. The van der Waals surface area contributed by atoms with Crippen LogP contribution in [0.2, 0.25) is 0 Å². The highest BCUT2D eigenvalue weighted by Crippen LogP contribution is 2.33. The molecule has 1 aliphatic heterocycles. The predicted octanol–water partition coefficient (Wildman–Crippen LogP) is 4.97. The normalized spacial score (nSPS) is 14.0. The number of hydrogen-bond donors (Lipinski definition) is 0. The van der Waals surface area contributed by atoms with Crippen LogP contribution < -0.4 is 0 Å². The van der Waals surface area contributed by atoms with E-state index in [9.17, 15) is 9.18 Å². The predicted molar refractivity (Wildman–Crippen MR) is 121 cm³/mol. The molecule has 7 nitrogen and oxygen atoms in total. The number of aryl methyl sites for hydroxylation is 1. The minimum atomic E-state index is -0.309. The number of aromatic nitrogens is 4. The second-order valence-electron chi connectivity index (χ2n) is 8.27. The molecule has 0 atom stereocenters. The van der Waals surface area contributed by atoms with Crippen molar-refractivity contribution in [2.24, 2.45) is 0 Å². The third-order valence-corrected chi connectivity index (χ3v) is 5.97. The Bertz CT molecular complexity index is 1290. The molecule has 1 amide bonds. The molecular formula is C25H24FN5O2. The Morgan fingerprint density at radius 1 is 0.939 bits per heavy atom. The third kappa shape index (κ3) is 4.04. The van der Waals surface area contributed by atoms with E-state index in [4.69, 9.17) is 9.52 Å². The molecule has 2 aromatic carbocycles. The van der Waals surface area contributed by atoms with Crippen molar-refractivity contribution < 1.29 is 13.6 Å². The number of carbonyl (C=O) groups excluding carboxylic acids is 1. The second-order valence-corrected chi connectivity index (χ2v) is 8.27. The maximum absolute atomic E-state index is 13.6. The van der Waals surface area contributed by atoms with E-state index in [1.165, 1.54) is 18.6 Å². The fourth-order valence-electron chi connectivity index (χ4n) is 4.25. The van der Waals surface area contributed by atoms with E-state index < -0.39 is 0 Å². The van der Waals surface area contributed by atoms with Gasteiger partial charge in [-0.15, -0.1) is 10.2 Å². The van der Waals surface area contributed by atoms with Crippen LogP contribution >= 0.6 is 0 Å². The van der Waals surface area contributed by atoms with E-state index in [0.717, 1.165) is 48.4 Å². The number of halogens is 1. The lowest BCUT2D eigenvalue weighted by molar-refractivity contribution is 0.0724. The Balaban J connectivity index is 1.56. The molecule has 0 unspecified atom stereocenters. The van der Waals surface area contributed by atoms with Gasteiger partial charge in [-0.3, -0.25) is 4.79 Å². The minimum Gasteiger partial charge on any atom is -0.420 e. The van der Waals surface area contributed by atoms with Crippen LogP contribution in [-0.4, -0.2) is 43.9 Å². The first-order valence-electron chi connectivity index (χ1n) is 11.1. The van der Waals surface area contributed by atoms with Crippen LogP contribution in [-0.2, 0) is 0 Å². The lowest BCUT2D eigenvalue weighted by atomic mass is 10.1. The standard InChI is InChI=1S/C25H24FN5O2/c1-16-22(24-28-27-17(2)33-24)29-31(23(16)18-6-10-20(26)11-7-18)21-12-8-19(9-13-21)25(32)30-14-4-3-5-15-30/h6-13H,3-5,14-15H2,1-2H3. The lowest BCUT2D eigenvalue weighted by Crippen LogP contribution is -2.35. The van der Waals surface area contributed by atoms with Crippen molar-refractivity contribution in [3.05, 3.63) is 71.4 Å². The van der Waals surface area contributed by atoms with Gasteiger partial charge in [0.1, 0.15) is 5.82 Å². The molecule has 4 aromatic rings. The Labute approximate surface area is 190 Å². The fourth-order valence-corrected chi connectivity index (χ4v) is 4.25. The summed E-state index contributed by atoms with van der Waals surface area (Å²) in [7, 11) is 0. The van der Waals surface area contributed by atoms with Gasteiger partial charge >= 0.3 is 0 Å². The Morgan fingerprint density at radius 3 is 2.27 bits per heavy atom. The molecule has 0 aliphatic carbocycles. The summed E-state index contributed by atoms with van der Waals surface area (Å²) in [4.78, 5) is 14.8. The topological polar surface area (TPSA) is 77.1 Å². The van der Waals surface area contributed by atoms with Crippen molar-refractivity contribution in [2.75, 3.05) is 13.1 Å². The molecule has 5 rings (SSSR count). The van der Waals surface area contributed by atoms with E-state index in [-0.39, 0.29) is 11.7 Å². The summed E-state index contributed by atoms with van der Waals surface area (Å²) in [5, 5.41) is 12.8. The van der Waals surface area contributed by atoms with E-state index in [1.54, 1.807) is 23.7 Å². The number of carbonyl (C=O) groups is 1. The first kappa shape index (κ1) is 21.1. The van der Waals surface area contributed by atoms with Gasteiger partial charge in [-0.2, -0.15) is 5.10 Å². The molecule has 0 radical (unpaired) electrons. The highest BCUT2D eigenvalue weighted by molar-refractivity contribution is 5.94. The molecule has 1 fully saturated rings. The molecule has 0 saturated carbocycles. The smallest absolute Gasteiger partial charge is 0.268 e. The van der Waals surface area contributed by atoms with Crippen molar-refractivity contribution in [3.8, 4) is 28.5 Å². The summed E-state index contributed by atoms with van der Waals surface area (Å²) in [6, 6.07) is 13.7. The van der Waals surface area contributed by atoms with Crippen LogP contribution in [0.1, 0.15) is 41.1 Å². The molecular weight excluding hydrogens is 421 g/mol. The Hall–Kier alpha value is -3.81. The van der Waals surface area contributed by atoms with E-state index in [0.29, 0.717) is 23.0 Å². The molecule has 0 spiro atoms. The molecule has 168 valence electrons. The Kier molecular flexibility index (Phi) is 5.50. The van der Waals surface area contributed by atoms with Gasteiger partial charge in [-0.1, -0.05) is 0 Å². The summed E-state index contributed by atoms with van der Waals surface area (Å²) >= 11 is 0. The molecule has 8 heteroatoms. The summed E-state index contributed by atoms with van der Waals surface area (Å²) < 4.78 is 21.0. The fraction of sp³-hybridized carbons (Fsp3) is 0.280. The van der Waals surface area contributed by atoms with Crippen molar-refractivity contribution in [1.29, 1.82) is 0 Å². The SMILES string of the molecule is Cc1nnc(-c2nn(-c3ccc(C(=O)N4CCCCC4)cc3)c(-c3ccc(F)cc3)c2C)o1. The molecule has 0 bridgehead atoms. The number of piperidine rings is 1. The number of rotatable bonds is 4. The Morgan fingerprint density at radius 2 is 1.64 bits per heavy atom. The van der Waals surface area contributed by atoms with Gasteiger partial charge < -0.3 is 9.32 Å². The van der Waals surface area contributed by atoms with E-state index in [2.05, 4.69) is 10.2 Å². The average molecular weight is 445 g/mol. The average Bonchev–Trinajstić information content (AvgIpc) is 3.43. The van der Waals surface area contributed by atoms with Crippen molar-refractivity contribution in [1.82, 2.24) is 24.9 Å². The van der Waals surface area contributed by atoms with E-state index in [1.807, 2.05) is 36.1 Å². The number of likely N-dealkylation sites (tertiary alicyclic amines) is 1. The highest BCUT2D eigenvalue weighted by atomic mass is 19.1. The van der Waals surface area contributed by atoms with Crippen LogP contribution in [0.3, 0.4) is 0 Å². The zero-order chi connectivity index (χ0) is 22.9. The van der Waals surface area contributed by atoms with Gasteiger partial charge in [-0.25, -0.2) is 9.07 Å². The molecule has 1 saturated heterocycles. The maximum atomic E-state index is 13.6. The molecule has 33 heavy (non-hydrogen) atoms. The second kappa shape index (κ2) is 8.61. The van der Waals surface area contributed by atoms with Gasteiger partial charge in [0.15, 0.2) is 5.69 Å². The van der Waals surface area contributed by atoms with Crippen molar-refractivity contribution >= 4 is 5.91 Å². The molecule has 2 aromatic heterocycles. The van der Waals surface area contributed by atoms with Crippen molar-refractivity contribution in [3.63, 3.8) is 0 Å². The zero-order valence-electron chi connectivity index (χ0n) is 18.6. The minimum absolute atomic E-state index is 0.0543. The monoisotopic (exact) mass is 445 g/mol. The largest absolute Gasteiger partial charge is 0.420 e. The number of amides is 1. The van der Waals surface area contributed by atoms with Crippen LogP contribution in [0.4, 0.5) is 4.39 Å². The third-order valence-electron chi connectivity index (χ3n) is 5.97. The van der Waals surface area contributed by atoms with Gasteiger partial charge in [-0.05, 0) is 74.7 Å². The number of hydrogen-bond acceptors (Lipinski definition) is 5. The lowest BCUT2D eigenvalue weighted by Gasteiger charge is -2.26. The molecule has 0 N–H and O–H groups in total. The number of benzene rings is 2. The van der Waals surface area contributed by atoms with Gasteiger partial charge in [0.25, 0.3) is 11.8 Å².